The summed E-state index contributed by atoms with van der Waals surface area (Å²) in [5.74, 6) is 1.74. The van der Waals surface area contributed by atoms with E-state index in [1.807, 2.05) is 32.3 Å². The van der Waals surface area contributed by atoms with E-state index >= 15 is 0 Å². The smallest absolute Gasteiger partial charge is 0.135 e. The molecule has 1 aliphatic heterocycles. The number of hydrogen-bond acceptors (Lipinski definition) is 6. The maximum atomic E-state index is 5.37. The number of anilines is 4. The second-order valence-electron chi connectivity index (χ2n) is 5.43. The van der Waals surface area contributed by atoms with E-state index in [1.165, 1.54) is 5.69 Å². The molecule has 0 bridgehead atoms. The minimum Gasteiger partial charge on any atom is -0.378 e. The van der Waals surface area contributed by atoms with Crippen LogP contribution in [0.2, 0.25) is 0 Å². The second kappa shape index (κ2) is 6.62. The van der Waals surface area contributed by atoms with Gasteiger partial charge in [-0.25, -0.2) is 9.97 Å². The largest absolute Gasteiger partial charge is 0.378 e. The number of morpholine rings is 1. The van der Waals surface area contributed by atoms with Crippen molar-refractivity contribution in [3.8, 4) is 0 Å². The summed E-state index contributed by atoms with van der Waals surface area (Å²) >= 11 is 0. The Morgan fingerprint density at radius 1 is 1.09 bits per heavy atom. The van der Waals surface area contributed by atoms with E-state index in [2.05, 4.69) is 37.2 Å². The van der Waals surface area contributed by atoms with Crippen molar-refractivity contribution in [3.05, 3.63) is 36.7 Å². The quantitative estimate of drug-likeness (QED) is 0.933. The monoisotopic (exact) mass is 299 g/mol. The predicted molar refractivity (Wildman–Crippen MR) is 89.1 cm³/mol. The highest BCUT2D eigenvalue weighted by molar-refractivity contribution is 5.62. The van der Waals surface area contributed by atoms with Gasteiger partial charge < -0.3 is 19.9 Å². The number of rotatable bonds is 4. The first-order chi connectivity index (χ1) is 10.7. The topological polar surface area (TPSA) is 53.5 Å². The molecule has 0 amide bonds. The first kappa shape index (κ1) is 14.6. The standard InChI is InChI=1S/C16H21N5O/c1-20(2)14-5-3-13(4-6-14)19-15-11-16(18-12-17-15)21-7-9-22-10-8-21/h3-6,11-12H,7-10H2,1-2H3,(H,17,18,19). The Morgan fingerprint density at radius 3 is 2.50 bits per heavy atom. The fourth-order valence-electron chi connectivity index (χ4n) is 2.37. The van der Waals surface area contributed by atoms with Crippen molar-refractivity contribution in [3.63, 3.8) is 0 Å². The van der Waals surface area contributed by atoms with Crippen LogP contribution in [0.5, 0.6) is 0 Å². The molecular formula is C16H21N5O. The second-order valence-corrected chi connectivity index (χ2v) is 5.43. The Balaban J connectivity index is 1.72. The van der Waals surface area contributed by atoms with Gasteiger partial charge in [-0.3, -0.25) is 0 Å². The van der Waals surface area contributed by atoms with E-state index in [-0.39, 0.29) is 0 Å². The lowest BCUT2D eigenvalue weighted by Crippen LogP contribution is -2.36. The first-order valence-corrected chi connectivity index (χ1v) is 7.41. The lowest BCUT2D eigenvalue weighted by atomic mass is 10.2. The predicted octanol–water partition coefficient (Wildman–Crippen LogP) is 2.12. The minimum absolute atomic E-state index is 0.749. The molecule has 6 heteroatoms. The summed E-state index contributed by atoms with van der Waals surface area (Å²) in [6, 6.07) is 10.2. The molecule has 0 aliphatic carbocycles. The van der Waals surface area contributed by atoms with Crippen molar-refractivity contribution >= 4 is 23.0 Å². The fourth-order valence-corrected chi connectivity index (χ4v) is 2.37. The number of benzene rings is 1. The van der Waals surface area contributed by atoms with Gasteiger partial charge in [-0.1, -0.05) is 0 Å². The van der Waals surface area contributed by atoms with Crippen molar-refractivity contribution in [2.75, 3.05) is 55.5 Å². The minimum atomic E-state index is 0.749. The van der Waals surface area contributed by atoms with Crippen LogP contribution in [-0.4, -0.2) is 50.4 Å². The van der Waals surface area contributed by atoms with Crippen LogP contribution in [0, 0.1) is 0 Å². The fraction of sp³-hybridized carbons (Fsp3) is 0.375. The van der Waals surface area contributed by atoms with E-state index in [0.29, 0.717) is 0 Å². The molecule has 0 atom stereocenters. The van der Waals surface area contributed by atoms with Crippen molar-refractivity contribution in [1.29, 1.82) is 0 Å². The molecule has 0 saturated carbocycles. The summed E-state index contributed by atoms with van der Waals surface area (Å²) < 4.78 is 5.37. The zero-order valence-corrected chi connectivity index (χ0v) is 13.0. The summed E-state index contributed by atoms with van der Waals surface area (Å²) in [6.45, 7) is 3.24. The third-order valence-electron chi connectivity index (χ3n) is 3.64. The average molecular weight is 299 g/mol. The van der Waals surface area contributed by atoms with Gasteiger partial charge in [-0.05, 0) is 24.3 Å². The summed E-state index contributed by atoms with van der Waals surface area (Å²) in [7, 11) is 4.06. The van der Waals surface area contributed by atoms with Gasteiger partial charge in [0, 0.05) is 44.6 Å². The molecule has 1 aromatic heterocycles. The molecule has 2 aromatic rings. The summed E-state index contributed by atoms with van der Waals surface area (Å²) in [5, 5.41) is 3.32. The number of aromatic nitrogens is 2. The molecule has 0 radical (unpaired) electrons. The van der Waals surface area contributed by atoms with Crippen LogP contribution in [0.4, 0.5) is 23.0 Å². The van der Waals surface area contributed by atoms with Crippen LogP contribution in [0.15, 0.2) is 36.7 Å². The summed E-state index contributed by atoms with van der Waals surface area (Å²) in [6.07, 6.45) is 1.60. The summed E-state index contributed by atoms with van der Waals surface area (Å²) in [4.78, 5) is 12.9. The van der Waals surface area contributed by atoms with E-state index in [9.17, 15) is 0 Å². The Hall–Kier alpha value is -2.34. The lowest BCUT2D eigenvalue weighted by Gasteiger charge is -2.27. The molecule has 6 nitrogen and oxygen atoms in total. The van der Waals surface area contributed by atoms with Gasteiger partial charge in [0.2, 0.25) is 0 Å². The molecule has 0 spiro atoms. The van der Waals surface area contributed by atoms with Gasteiger partial charge in [-0.2, -0.15) is 0 Å². The zero-order valence-electron chi connectivity index (χ0n) is 13.0. The van der Waals surface area contributed by atoms with E-state index < -0.39 is 0 Å². The normalized spacial score (nSPS) is 14.7. The Kier molecular flexibility index (Phi) is 4.39. The molecule has 1 N–H and O–H groups in total. The molecule has 2 heterocycles. The number of nitrogens with zero attached hydrogens (tertiary/aromatic N) is 4. The number of nitrogens with one attached hydrogen (secondary N) is 1. The average Bonchev–Trinajstić information content (AvgIpc) is 2.56. The molecule has 1 aromatic carbocycles. The van der Waals surface area contributed by atoms with Gasteiger partial charge in [0.15, 0.2) is 0 Å². The van der Waals surface area contributed by atoms with E-state index in [0.717, 1.165) is 43.6 Å². The van der Waals surface area contributed by atoms with Crippen LogP contribution in [-0.2, 0) is 4.74 Å². The first-order valence-electron chi connectivity index (χ1n) is 7.41. The van der Waals surface area contributed by atoms with Gasteiger partial charge >= 0.3 is 0 Å². The van der Waals surface area contributed by atoms with Crippen molar-refractivity contribution in [2.45, 2.75) is 0 Å². The van der Waals surface area contributed by atoms with Crippen molar-refractivity contribution in [1.82, 2.24) is 9.97 Å². The molecule has 0 unspecified atom stereocenters. The molecule has 1 saturated heterocycles. The lowest BCUT2D eigenvalue weighted by molar-refractivity contribution is 0.122. The number of ether oxygens (including phenoxy) is 1. The van der Waals surface area contributed by atoms with Gasteiger partial charge in [0.25, 0.3) is 0 Å². The highest BCUT2D eigenvalue weighted by atomic mass is 16.5. The van der Waals surface area contributed by atoms with Crippen LogP contribution >= 0.6 is 0 Å². The van der Waals surface area contributed by atoms with Crippen molar-refractivity contribution < 1.29 is 4.74 Å². The molecule has 116 valence electrons. The summed E-state index contributed by atoms with van der Waals surface area (Å²) in [5.41, 5.74) is 2.18. The van der Waals surface area contributed by atoms with Gasteiger partial charge in [-0.15, -0.1) is 0 Å². The maximum absolute atomic E-state index is 5.37. The van der Waals surface area contributed by atoms with E-state index in [4.69, 9.17) is 4.74 Å². The third-order valence-corrected chi connectivity index (χ3v) is 3.64. The highest BCUT2D eigenvalue weighted by Crippen LogP contribution is 2.21. The van der Waals surface area contributed by atoms with Gasteiger partial charge in [0.1, 0.15) is 18.0 Å². The SMILES string of the molecule is CN(C)c1ccc(Nc2cc(N3CCOCC3)ncn2)cc1. The molecule has 1 aliphatic rings. The number of hydrogen-bond donors (Lipinski definition) is 1. The highest BCUT2D eigenvalue weighted by Gasteiger charge is 2.13. The molecular weight excluding hydrogens is 278 g/mol. The van der Waals surface area contributed by atoms with Crippen LogP contribution in [0.25, 0.3) is 0 Å². The van der Waals surface area contributed by atoms with Crippen LogP contribution in [0.3, 0.4) is 0 Å². The Labute approximate surface area is 130 Å². The van der Waals surface area contributed by atoms with Crippen LogP contribution < -0.4 is 15.1 Å². The zero-order chi connectivity index (χ0) is 15.4. The third kappa shape index (κ3) is 3.46. The van der Waals surface area contributed by atoms with Crippen molar-refractivity contribution in [2.24, 2.45) is 0 Å². The maximum Gasteiger partial charge on any atom is 0.135 e. The molecule has 22 heavy (non-hydrogen) atoms. The van der Waals surface area contributed by atoms with Crippen LogP contribution in [0.1, 0.15) is 0 Å². The Bertz CT molecular complexity index is 608. The van der Waals surface area contributed by atoms with E-state index in [1.54, 1.807) is 6.33 Å². The van der Waals surface area contributed by atoms with Gasteiger partial charge in [0.05, 0.1) is 13.2 Å². The molecule has 1 fully saturated rings. The Morgan fingerprint density at radius 2 is 1.82 bits per heavy atom. The molecule has 3 rings (SSSR count).